The summed E-state index contributed by atoms with van der Waals surface area (Å²) < 4.78 is 41.1. The van der Waals surface area contributed by atoms with Gasteiger partial charge in [-0.2, -0.15) is 13.2 Å². The normalized spacial score (nSPS) is 24.2. The van der Waals surface area contributed by atoms with Crippen molar-refractivity contribution in [3.05, 3.63) is 70.2 Å². The highest BCUT2D eigenvalue weighted by Crippen LogP contribution is 2.36. The summed E-state index contributed by atoms with van der Waals surface area (Å²) >= 11 is 6.09. The van der Waals surface area contributed by atoms with Crippen molar-refractivity contribution in [2.75, 3.05) is 88.6 Å². The van der Waals surface area contributed by atoms with Crippen LogP contribution >= 0.6 is 11.6 Å². The maximum absolute atomic E-state index is 15.0. The maximum Gasteiger partial charge on any atom is 0.417 e. The number of nitrogens with one attached hydrogen (secondary N) is 2. The van der Waals surface area contributed by atoms with Crippen molar-refractivity contribution in [2.24, 2.45) is 22.7 Å². The van der Waals surface area contributed by atoms with E-state index in [-0.39, 0.29) is 88.0 Å². The number of alkyl halides is 3. The Hall–Kier alpha value is -7.44. The smallest absolute Gasteiger partial charge is 0.354 e. The number of carbonyl (C=O) groups is 11. The summed E-state index contributed by atoms with van der Waals surface area (Å²) in [4.78, 5) is 172. The Labute approximate surface area is 556 Å². The van der Waals surface area contributed by atoms with Crippen molar-refractivity contribution < 1.29 is 65.9 Å². The fourth-order valence-corrected chi connectivity index (χ4v) is 13.4. The molecule has 22 nitrogen and oxygen atoms in total. The molecule has 0 radical (unpaired) electrons. The van der Waals surface area contributed by atoms with Crippen LogP contribution in [-0.2, 0) is 71.8 Å². The first kappa shape index (κ1) is 75.6. The first-order valence-electron chi connectivity index (χ1n) is 33.2. The Balaban J connectivity index is 1.30. The second-order valence-corrected chi connectivity index (χ2v) is 26.5. The molecule has 0 bridgehead atoms. The van der Waals surface area contributed by atoms with Gasteiger partial charge >= 0.3 is 6.18 Å². The number of hydrogen-bond acceptors (Lipinski definition) is 11. The number of amides is 11. The molecule has 518 valence electrons. The number of benzene rings is 2. The molecular weight excluding hydrogens is 1240 g/mol. The number of fused-ring (bicyclic) bond motifs is 1. The van der Waals surface area contributed by atoms with Crippen molar-refractivity contribution >= 4 is 82.3 Å². The molecule has 3 fully saturated rings. The highest BCUT2D eigenvalue weighted by molar-refractivity contribution is 6.41. The molecule has 26 heteroatoms. The van der Waals surface area contributed by atoms with Crippen LogP contribution in [0.1, 0.15) is 146 Å². The topological polar surface area (TPSA) is 250 Å². The molecule has 6 rings (SSSR count). The maximum atomic E-state index is 15.0. The Bertz CT molecular complexity index is 3050. The van der Waals surface area contributed by atoms with Gasteiger partial charge in [0, 0.05) is 94.1 Å². The molecule has 0 aromatic heterocycles. The summed E-state index contributed by atoms with van der Waals surface area (Å²) in [6.45, 7) is 2.02. The van der Waals surface area contributed by atoms with E-state index in [2.05, 4.69) is 15.6 Å². The molecule has 2 aliphatic heterocycles. The Morgan fingerprint density at radius 2 is 1.27 bits per heavy atom. The first-order valence-corrected chi connectivity index (χ1v) is 33.6. The summed E-state index contributed by atoms with van der Waals surface area (Å²) in [5, 5.41) is 5.08. The van der Waals surface area contributed by atoms with Gasteiger partial charge in [0.15, 0.2) is 0 Å². The number of likely N-dealkylation sites (N-methyl/N-ethyl adjacent to an activating group) is 7. The van der Waals surface area contributed by atoms with Gasteiger partial charge < -0.3 is 49.8 Å². The largest absolute Gasteiger partial charge is 0.417 e. The number of halogens is 4. The Morgan fingerprint density at radius 3 is 1.91 bits per heavy atom. The van der Waals surface area contributed by atoms with E-state index in [0.29, 0.717) is 44.1 Å². The number of carbonyl (C=O) groups excluding carboxylic acids is 11. The van der Waals surface area contributed by atoms with Gasteiger partial charge in [-0.3, -0.25) is 52.7 Å². The lowest BCUT2D eigenvalue weighted by molar-refractivity contribution is -0.151. The molecule has 4 aliphatic rings. The fourth-order valence-electron chi connectivity index (χ4n) is 13.1. The van der Waals surface area contributed by atoms with E-state index >= 15 is 4.79 Å². The van der Waals surface area contributed by atoms with Crippen LogP contribution in [0.2, 0.25) is 5.02 Å². The lowest BCUT2D eigenvalue weighted by atomic mass is 9.84. The van der Waals surface area contributed by atoms with Gasteiger partial charge in [-0.25, -0.2) is 4.99 Å². The number of nitrogens with zero attached hydrogens (tertiary/aromatic N) is 9. The molecular formula is C68H97ClF3N11O11. The quantitative estimate of drug-likeness (QED) is 0.271. The molecule has 1 saturated heterocycles. The zero-order valence-corrected chi connectivity index (χ0v) is 56.9. The van der Waals surface area contributed by atoms with Crippen LogP contribution in [0.3, 0.4) is 0 Å². The van der Waals surface area contributed by atoms with Crippen LogP contribution in [-0.4, -0.2) is 229 Å². The Kier molecular flexibility index (Phi) is 28.4. The summed E-state index contributed by atoms with van der Waals surface area (Å²) in [6.07, 6.45) is 4.38. The molecule has 2 aromatic rings. The zero-order valence-electron chi connectivity index (χ0n) is 56.1. The number of aryl methyl sites for hydroxylation is 1. The second kappa shape index (κ2) is 35.3. The summed E-state index contributed by atoms with van der Waals surface area (Å²) in [7, 11) is 10.2. The zero-order chi connectivity index (χ0) is 69.1. The van der Waals surface area contributed by atoms with Gasteiger partial charge in [-0.15, -0.1) is 0 Å². The standard InChI is InChI=1S/C68H97ClF3N11O11/c1-10-44(2)60-66(93)79(6)42-58(87)77(4)43-59(88)80(7)53(39-45-22-13-11-14-23-45)65(92)78(5)41-56(85)74-51(33-31-47-30-32-49(50(69)38-47)68(70,71)72)63(90)83-36-21-28-52(83)62(89)73-35-20-19-29-57(86)82(9)61(48-26-17-18-27-48)67(94)81(8)54(40-46-24-15-12-16-25-46)64(91)76(3)37-34-55(84)75-60/h12,15-16,24-25,30,32,38,44-45,48,51-54,61H,10-11,13-14,17-23,26-29,31,33-37,39-43H2,1-9H3,(H,73,89)(H,74,85)/t44-,51-,52-,53-,54+,61-/m0/s1. The third kappa shape index (κ3) is 20.8. The molecule has 2 N–H and O–H groups in total. The van der Waals surface area contributed by atoms with Crippen LogP contribution in [0, 0.1) is 17.8 Å². The van der Waals surface area contributed by atoms with Gasteiger partial charge in [0.25, 0.3) is 5.91 Å². The average Bonchev–Trinajstić information content (AvgIpc) is 2.19. The first-order chi connectivity index (χ1) is 44.5. The summed E-state index contributed by atoms with van der Waals surface area (Å²) in [5.74, 6) is -7.10. The van der Waals surface area contributed by atoms with E-state index in [1.54, 1.807) is 27.9 Å². The molecule has 0 spiro atoms. The molecule has 2 aliphatic carbocycles. The minimum atomic E-state index is -4.73. The molecule has 2 aromatic carbocycles. The molecule has 0 unspecified atom stereocenters. The lowest BCUT2D eigenvalue weighted by Crippen LogP contribution is -2.57. The Morgan fingerprint density at radius 1 is 0.617 bits per heavy atom. The third-order valence-corrected chi connectivity index (χ3v) is 19.5. The molecule has 94 heavy (non-hydrogen) atoms. The highest BCUT2D eigenvalue weighted by Gasteiger charge is 2.43. The fraction of sp³-hybridized carbons (Fsp3) is 0.647. The van der Waals surface area contributed by atoms with Crippen molar-refractivity contribution in [3.8, 4) is 0 Å². The van der Waals surface area contributed by atoms with Crippen LogP contribution in [0.15, 0.2) is 53.5 Å². The monoisotopic (exact) mass is 1340 g/mol. The third-order valence-electron chi connectivity index (χ3n) is 19.2. The van der Waals surface area contributed by atoms with Crippen molar-refractivity contribution in [3.63, 3.8) is 0 Å². The number of rotatable bonds is 10. The van der Waals surface area contributed by atoms with Gasteiger partial charge in [-0.1, -0.05) is 107 Å². The predicted octanol–water partition coefficient (Wildman–Crippen LogP) is 6.19. The van der Waals surface area contributed by atoms with Gasteiger partial charge in [-0.05, 0) is 99.3 Å². The van der Waals surface area contributed by atoms with E-state index in [1.165, 1.54) is 65.8 Å². The van der Waals surface area contributed by atoms with E-state index in [4.69, 9.17) is 11.6 Å². The summed E-state index contributed by atoms with van der Waals surface area (Å²) in [5.41, 5.74) is -0.0716. The van der Waals surface area contributed by atoms with E-state index < -0.39 is 132 Å². The highest BCUT2D eigenvalue weighted by atomic mass is 35.5. The predicted molar refractivity (Wildman–Crippen MR) is 348 cm³/mol. The average molecular weight is 1340 g/mol. The molecule has 2 heterocycles. The molecule has 11 amide bonds. The van der Waals surface area contributed by atoms with Crippen molar-refractivity contribution in [2.45, 2.75) is 179 Å². The van der Waals surface area contributed by atoms with Crippen molar-refractivity contribution in [1.29, 1.82) is 0 Å². The van der Waals surface area contributed by atoms with E-state index in [9.17, 15) is 61.1 Å². The van der Waals surface area contributed by atoms with Crippen LogP contribution in [0.4, 0.5) is 13.2 Å². The molecule has 6 atom stereocenters. The van der Waals surface area contributed by atoms with Gasteiger partial charge in [0.2, 0.25) is 59.1 Å². The number of hydrogen-bond donors (Lipinski definition) is 2. The van der Waals surface area contributed by atoms with E-state index in [0.717, 1.165) is 77.3 Å². The van der Waals surface area contributed by atoms with Crippen LogP contribution < -0.4 is 10.6 Å². The summed E-state index contributed by atoms with van der Waals surface area (Å²) in [6, 6.07) is 6.95. The van der Waals surface area contributed by atoms with Crippen LogP contribution in [0.25, 0.3) is 0 Å². The number of aliphatic imine (C=N–C) groups is 1. The van der Waals surface area contributed by atoms with Gasteiger partial charge in [0.1, 0.15) is 35.9 Å². The minimum absolute atomic E-state index is 0.0185. The van der Waals surface area contributed by atoms with Crippen molar-refractivity contribution in [1.82, 2.24) is 49.8 Å². The minimum Gasteiger partial charge on any atom is -0.354 e. The van der Waals surface area contributed by atoms with E-state index in [1.807, 2.05) is 30.3 Å². The SMILES string of the molecule is CC[C@H](C)C1=NC(=O)CCN(C)C(=O)[C@@H](Cc2ccccc2)N(C)C(=O)[C@H](C2CCCC2)N(C)C(=O)CCCCNC(=O)[C@@H]2CCCN2C(=O)[C@H](CCc2ccc(C(F)(F)F)c(Cl)c2)NC(=O)CN(C)C(=O)[C@H](CC2CCCCC2)N(C)C(=O)CN(C)C(=O)CN(C)C1=O. The second-order valence-electron chi connectivity index (χ2n) is 26.1. The van der Waals surface area contributed by atoms with Gasteiger partial charge in [0.05, 0.1) is 30.2 Å². The lowest BCUT2D eigenvalue weighted by Gasteiger charge is -2.38. The van der Waals surface area contributed by atoms with Crippen LogP contribution in [0.5, 0.6) is 0 Å². The molecule has 2 saturated carbocycles.